The Morgan fingerprint density at radius 3 is 2.88 bits per heavy atom. The molecule has 1 atom stereocenters. The fourth-order valence-corrected chi connectivity index (χ4v) is 1.74. The summed E-state index contributed by atoms with van der Waals surface area (Å²) in [6, 6.07) is -0.535. The highest BCUT2D eigenvalue weighted by Crippen LogP contribution is 2.33. The van der Waals surface area contributed by atoms with E-state index in [1.807, 2.05) is 0 Å². The molecule has 1 saturated carbocycles. The van der Waals surface area contributed by atoms with Crippen LogP contribution in [0.1, 0.15) is 19.3 Å². The summed E-state index contributed by atoms with van der Waals surface area (Å²) in [6.07, 6.45) is 4.24. The molecule has 0 spiro atoms. The zero-order chi connectivity index (χ0) is 12.4. The van der Waals surface area contributed by atoms with Crippen molar-refractivity contribution in [2.24, 2.45) is 11.7 Å². The second-order valence-electron chi connectivity index (χ2n) is 4.10. The van der Waals surface area contributed by atoms with Crippen molar-refractivity contribution in [3.05, 3.63) is 16.5 Å². The molecule has 1 aliphatic carbocycles. The van der Waals surface area contributed by atoms with E-state index in [-0.39, 0.29) is 21.9 Å². The van der Waals surface area contributed by atoms with Gasteiger partial charge in [0, 0.05) is 0 Å². The average molecular weight is 275 g/mol. The second kappa shape index (κ2) is 5.16. The van der Waals surface area contributed by atoms with Crippen molar-refractivity contribution in [2.45, 2.75) is 25.3 Å². The van der Waals surface area contributed by atoms with E-state index in [0.717, 1.165) is 12.8 Å². The smallest absolute Gasteiger partial charge is 0.242 e. The van der Waals surface area contributed by atoms with Gasteiger partial charge in [0.1, 0.15) is 11.3 Å². The Hall–Kier alpha value is -0.910. The lowest BCUT2D eigenvalue weighted by Crippen LogP contribution is -2.36. The van der Waals surface area contributed by atoms with Gasteiger partial charge in [0.25, 0.3) is 0 Å². The first-order valence-electron chi connectivity index (χ1n) is 5.30. The quantitative estimate of drug-likeness (QED) is 0.822. The van der Waals surface area contributed by atoms with E-state index in [9.17, 15) is 4.79 Å². The second-order valence-corrected chi connectivity index (χ2v) is 4.84. The first kappa shape index (κ1) is 12.5. The van der Waals surface area contributed by atoms with Crippen LogP contribution in [0.2, 0.25) is 10.2 Å². The van der Waals surface area contributed by atoms with Crippen molar-refractivity contribution >= 4 is 34.9 Å². The van der Waals surface area contributed by atoms with Crippen LogP contribution in [-0.4, -0.2) is 21.9 Å². The van der Waals surface area contributed by atoms with Crippen LogP contribution in [0.25, 0.3) is 0 Å². The molecule has 0 aliphatic heterocycles. The lowest BCUT2D eigenvalue weighted by atomic mass is 10.1. The lowest BCUT2D eigenvalue weighted by Gasteiger charge is -2.11. The number of carbonyl (C=O) groups excluding carboxylic acids is 1. The number of hydrogen-bond acceptors (Lipinski definition) is 4. The summed E-state index contributed by atoms with van der Waals surface area (Å²) >= 11 is 11.6. The highest BCUT2D eigenvalue weighted by Gasteiger charge is 2.27. The van der Waals surface area contributed by atoms with Gasteiger partial charge in [-0.3, -0.25) is 4.79 Å². The number of amides is 1. The third-order valence-electron chi connectivity index (χ3n) is 2.61. The minimum atomic E-state index is -0.535. The van der Waals surface area contributed by atoms with E-state index in [2.05, 4.69) is 15.3 Å². The van der Waals surface area contributed by atoms with Crippen LogP contribution in [-0.2, 0) is 4.79 Å². The molecule has 0 radical (unpaired) electrons. The first-order valence-corrected chi connectivity index (χ1v) is 6.06. The number of nitrogens with one attached hydrogen (secondary N) is 1. The molecule has 5 nitrogen and oxygen atoms in total. The molecule has 0 bridgehead atoms. The first-order chi connectivity index (χ1) is 8.08. The van der Waals surface area contributed by atoms with Crippen LogP contribution < -0.4 is 11.1 Å². The number of carbonyl (C=O) groups is 1. The molecule has 92 valence electrons. The predicted molar refractivity (Wildman–Crippen MR) is 66.0 cm³/mol. The Morgan fingerprint density at radius 1 is 1.53 bits per heavy atom. The van der Waals surface area contributed by atoms with Gasteiger partial charge in [0.05, 0.1) is 6.04 Å². The number of anilines is 1. The van der Waals surface area contributed by atoms with Gasteiger partial charge < -0.3 is 11.1 Å². The maximum atomic E-state index is 11.7. The molecule has 17 heavy (non-hydrogen) atoms. The number of rotatable bonds is 4. The van der Waals surface area contributed by atoms with Crippen LogP contribution in [0, 0.1) is 5.92 Å². The number of halogens is 2. The highest BCUT2D eigenvalue weighted by atomic mass is 35.5. The summed E-state index contributed by atoms with van der Waals surface area (Å²) in [5.41, 5.74) is 5.76. The van der Waals surface area contributed by atoms with Gasteiger partial charge in [-0.25, -0.2) is 9.97 Å². The molecule has 1 aromatic rings. The number of hydrogen-bond donors (Lipinski definition) is 2. The lowest BCUT2D eigenvalue weighted by molar-refractivity contribution is -0.117. The summed E-state index contributed by atoms with van der Waals surface area (Å²) in [5, 5.41) is 2.78. The summed E-state index contributed by atoms with van der Waals surface area (Å²) in [6.45, 7) is 0. The number of aromatic nitrogens is 2. The van der Waals surface area contributed by atoms with E-state index in [1.165, 1.54) is 6.33 Å². The fourth-order valence-electron chi connectivity index (χ4n) is 1.46. The molecule has 3 N–H and O–H groups in total. The van der Waals surface area contributed by atoms with E-state index >= 15 is 0 Å². The summed E-state index contributed by atoms with van der Waals surface area (Å²) < 4.78 is 0. The summed E-state index contributed by atoms with van der Waals surface area (Å²) in [5.74, 6) is 0.483. The number of nitrogens with two attached hydrogens (primary N) is 1. The zero-order valence-corrected chi connectivity index (χ0v) is 10.5. The molecule has 1 amide bonds. The minimum Gasteiger partial charge on any atom is -0.320 e. The Kier molecular flexibility index (Phi) is 3.81. The summed E-state index contributed by atoms with van der Waals surface area (Å²) in [7, 11) is 0. The molecule has 0 saturated heterocycles. The van der Waals surface area contributed by atoms with E-state index in [1.54, 1.807) is 0 Å². The maximum Gasteiger partial charge on any atom is 0.242 e. The van der Waals surface area contributed by atoms with Crippen molar-refractivity contribution in [3.8, 4) is 0 Å². The van der Waals surface area contributed by atoms with Gasteiger partial charge in [0.15, 0.2) is 11.0 Å². The van der Waals surface area contributed by atoms with Gasteiger partial charge in [-0.05, 0) is 12.3 Å². The molecule has 1 heterocycles. The third kappa shape index (κ3) is 3.28. The van der Waals surface area contributed by atoms with Crippen LogP contribution in [0.15, 0.2) is 6.33 Å². The highest BCUT2D eigenvalue weighted by molar-refractivity contribution is 6.42. The SMILES string of the molecule is NC(CC1CC1)C(=O)Nc1ncnc(Cl)c1Cl. The molecule has 0 aromatic carbocycles. The standard InChI is InChI=1S/C10H12Cl2N4O/c11-7-8(12)14-4-15-9(7)16-10(17)6(13)3-5-1-2-5/h4-6H,1-3,13H2,(H,14,15,16,17). The monoisotopic (exact) mass is 274 g/mol. The van der Waals surface area contributed by atoms with Gasteiger partial charge in [-0.15, -0.1) is 0 Å². The van der Waals surface area contributed by atoms with Crippen molar-refractivity contribution < 1.29 is 4.79 Å². The van der Waals surface area contributed by atoms with Gasteiger partial charge in [-0.1, -0.05) is 36.0 Å². The molecular formula is C10H12Cl2N4O. The summed E-state index contributed by atoms with van der Waals surface area (Å²) in [4.78, 5) is 19.3. The largest absolute Gasteiger partial charge is 0.320 e. The van der Waals surface area contributed by atoms with E-state index < -0.39 is 6.04 Å². The fraction of sp³-hybridized carbons (Fsp3) is 0.500. The molecule has 1 unspecified atom stereocenters. The van der Waals surface area contributed by atoms with Crippen LogP contribution in [0.5, 0.6) is 0 Å². The number of nitrogens with zero attached hydrogens (tertiary/aromatic N) is 2. The van der Waals surface area contributed by atoms with Crippen LogP contribution >= 0.6 is 23.2 Å². The Morgan fingerprint density at radius 2 is 2.24 bits per heavy atom. The Balaban J connectivity index is 1.99. The normalized spacial score (nSPS) is 16.6. The van der Waals surface area contributed by atoms with Crippen LogP contribution in [0.4, 0.5) is 5.82 Å². The van der Waals surface area contributed by atoms with Gasteiger partial charge in [-0.2, -0.15) is 0 Å². The average Bonchev–Trinajstić information content (AvgIpc) is 3.08. The minimum absolute atomic E-state index is 0.104. The zero-order valence-electron chi connectivity index (χ0n) is 8.99. The maximum absolute atomic E-state index is 11.7. The van der Waals surface area contributed by atoms with Gasteiger partial charge in [0.2, 0.25) is 5.91 Å². The molecule has 2 rings (SSSR count). The predicted octanol–water partition coefficient (Wildman–Crippen LogP) is 1.85. The molecular weight excluding hydrogens is 263 g/mol. The van der Waals surface area contributed by atoms with Crippen molar-refractivity contribution in [1.29, 1.82) is 0 Å². The molecule has 1 fully saturated rings. The Bertz CT molecular complexity index is 436. The Labute approximate surface area is 109 Å². The van der Waals surface area contributed by atoms with Gasteiger partial charge >= 0.3 is 0 Å². The van der Waals surface area contributed by atoms with Crippen LogP contribution in [0.3, 0.4) is 0 Å². The molecule has 1 aromatic heterocycles. The van der Waals surface area contributed by atoms with E-state index in [0.29, 0.717) is 12.3 Å². The van der Waals surface area contributed by atoms with Crippen molar-refractivity contribution in [3.63, 3.8) is 0 Å². The topological polar surface area (TPSA) is 80.9 Å². The van der Waals surface area contributed by atoms with Crippen molar-refractivity contribution in [2.75, 3.05) is 5.32 Å². The van der Waals surface area contributed by atoms with E-state index in [4.69, 9.17) is 28.9 Å². The van der Waals surface area contributed by atoms with Crippen molar-refractivity contribution in [1.82, 2.24) is 9.97 Å². The third-order valence-corrected chi connectivity index (χ3v) is 3.35. The molecule has 1 aliphatic rings. The molecule has 7 heteroatoms.